The molecular formula is C8H5Br2ClNO4P. The van der Waals surface area contributed by atoms with Crippen LogP contribution in [0, 0.1) is 0 Å². The van der Waals surface area contributed by atoms with Crippen LogP contribution in [-0.2, 0) is 11.8 Å². The number of hydrogen-bond acceptors (Lipinski definition) is 4. The Balaban J connectivity index is 2.43. The molecule has 2 rings (SSSR count). The van der Waals surface area contributed by atoms with E-state index in [0.29, 0.717) is 16.2 Å². The van der Waals surface area contributed by atoms with Gasteiger partial charge >= 0.3 is 7.82 Å². The van der Waals surface area contributed by atoms with E-state index in [4.69, 9.17) is 16.1 Å². The predicted molar refractivity (Wildman–Crippen MR) is 71.6 cm³/mol. The fourth-order valence-corrected chi connectivity index (χ4v) is 3.13. The second kappa shape index (κ2) is 5.30. The maximum absolute atomic E-state index is 11.7. The molecule has 1 heterocycles. The number of benzene rings is 1. The molecule has 0 unspecified atom stereocenters. The Morgan fingerprint density at radius 3 is 2.65 bits per heavy atom. The zero-order valence-electron chi connectivity index (χ0n) is 8.02. The summed E-state index contributed by atoms with van der Waals surface area (Å²) in [6.45, 7) is 0. The van der Waals surface area contributed by atoms with E-state index in [9.17, 15) is 4.57 Å². The molecule has 0 radical (unpaired) electrons. The SMILES string of the molecule is O=P(OBr)(OBr)Oc1c[nH]c2ccc(Cl)cc12. The van der Waals surface area contributed by atoms with Crippen LogP contribution in [0.15, 0.2) is 24.4 Å². The van der Waals surface area contributed by atoms with Crippen LogP contribution in [0.25, 0.3) is 10.9 Å². The molecule has 1 N–H and O–H groups in total. The molecule has 17 heavy (non-hydrogen) atoms. The largest absolute Gasteiger partial charge is 0.552 e. The van der Waals surface area contributed by atoms with E-state index in [1.165, 1.54) is 6.20 Å². The molecule has 2 aromatic rings. The number of aromatic nitrogens is 1. The Bertz CT molecular complexity index is 582. The number of hydrogen-bond donors (Lipinski definition) is 1. The zero-order valence-corrected chi connectivity index (χ0v) is 12.8. The third-order valence-electron chi connectivity index (χ3n) is 1.99. The number of nitrogens with one attached hydrogen (secondary N) is 1. The first-order chi connectivity index (χ1) is 8.08. The summed E-state index contributed by atoms with van der Waals surface area (Å²) in [5.41, 5.74) is 0.792. The Morgan fingerprint density at radius 2 is 2.00 bits per heavy atom. The predicted octanol–water partition coefficient (Wildman–Crippen LogP) is 4.96. The van der Waals surface area contributed by atoms with E-state index >= 15 is 0 Å². The second-order valence-electron chi connectivity index (χ2n) is 3.02. The minimum Gasteiger partial charge on any atom is -0.401 e. The molecule has 0 saturated carbocycles. The third kappa shape index (κ3) is 2.86. The fourth-order valence-electron chi connectivity index (χ4n) is 1.30. The number of aromatic amines is 1. The maximum atomic E-state index is 11.7. The van der Waals surface area contributed by atoms with Crippen molar-refractivity contribution in [2.75, 3.05) is 0 Å². The summed E-state index contributed by atoms with van der Waals surface area (Å²) in [4.78, 5) is 2.94. The van der Waals surface area contributed by atoms with Crippen LogP contribution >= 0.6 is 51.9 Å². The highest BCUT2D eigenvalue weighted by atomic mass is 79.9. The normalized spacial score (nSPS) is 11.9. The van der Waals surface area contributed by atoms with E-state index in [0.717, 1.165) is 5.52 Å². The Hall–Kier alpha value is -0.0400. The molecule has 92 valence electrons. The van der Waals surface area contributed by atoms with Gasteiger partial charge in [-0.15, -0.1) is 0 Å². The molecule has 1 aromatic carbocycles. The van der Waals surface area contributed by atoms with Crippen molar-refractivity contribution in [1.82, 2.24) is 4.98 Å². The average Bonchev–Trinajstić information content (AvgIpc) is 2.72. The first-order valence-electron chi connectivity index (χ1n) is 4.25. The first-order valence-corrected chi connectivity index (χ1v) is 7.38. The minimum atomic E-state index is -3.72. The topological polar surface area (TPSA) is 60.6 Å². The van der Waals surface area contributed by atoms with Crippen LogP contribution in [0.5, 0.6) is 5.75 Å². The molecule has 0 fully saturated rings. The number of halogens is 3. The molecule has 0 aliphatic carbocycles. The third-order valence-corrected chi connectivity index (χ3v) is 5.11. The van der Waals surface area contributed by atoms with Crippen molar-refractivity contribution >= 4 is 62.8 Å². The molecule has 0 bridgehead atoms. The quantitative estimate of drug-likeness (QED) is 0.731. The van der Waals surface area contributed by atoms with Crippen molar-refractivity contribution in [3.63, 3.8) is 0 Å². The van der Waals surface area contributed by atoms with Crippen LogP contribution in [0.2, 0.25) is 5.02 Å². The van der Waals surface area contributed by atoms with E-state index in [1.54, 1.807) is 18.2 Å². The number of H-pyrrole nitrogens is 1. The molecule has 0 saturated heterocycles. The van der Waals surface area contributed by atoms with E-state index in [2.05, 4.69) is 44.7 Å². The number of phosphoric acid groups is 1. The van der Waals surface area contributed by atoms with Crippen molar-refractivity contribution in [2.24, 2.45) is 0 Å². The van der Waals surface area contributed by atoms with Gasteiger partial charge in [-0.25, -0.2) is 4.57 Å². The highest BCUT2D eigenvalue weighted by Crippen LogP contribution is 2.54. The lowest BCUT2D eigenvalue weighted by Crippen LogP contribution is -1.91. The molecule has 0 aliphatic heterocycles. The summed E-state index contributed by atoms with van der Waals surface area (Å²) < 4.78 is 25.8. The Kier molecular flexibility index (Phi) is 4.18. The van der Waals surface area contributed by atoms with Crippen molar-refractivity contribution < 1.29 is 16.3 Å². The van der Waals surface area contributed by atoms with Gasteiger partial charge in [-0.3, -0.25) is 0 Å². The standard InChI is InChI=1S/C8H5Br2ClNO4P/c9-15-17(13,16-10)14-8-4-12-7-2-1-5(11)3-6(7)8/h1-4,12H. The van der Waals surface area contributed by atoms with Gasteiger partial charge in [0, 0.05) is 22.1 Å². The molecule has 5 nitrogen and oxygen atoms in total. The molecule has 0 amide bonds. The summed E-state index contributed by atoms with van der Waals surface area (Å²) in [6.07, 6.45) is 1.53. The van der Waals surface area contributed by atoms with Gasteiger partial charge in [0.25, 0.3) is 0 Å². The lowest BCUT2D eigenvalue weighted by atomic mass is 10.2. The molecular weight excluding hydrogens is 400 g/mol. The minimum absolute atomic E-state index is 0.310. The van der Waals surface area contributed by atoms with Gasteiger partial charge < -0.3 is 9.51 Å². The molecule has 1 aromatic heterocycles. The van der Waals surface area contributed by atoms with Gasteiger partial charge in [-0.2, -0.15) is 7.23 Å². The highest BCUT2D eigenvalue weighted by Gasteiger charge is 2.29. The second-order valence-corrected chi connectivity index (χ2v) is 6.55. The van der Waals surface area contributed by atoms with Crippen LogP contribution in [0.4, 0.5) is 0 Å². The lowest BCUT2D eigenvalue weighted by molar-refractivity contribution is 0.344. The first kappa shape index (κ1) is 13.4. The Labute approximate surface area is 119 Å². The summed E-state index contributed by atoms with van der Waals surface area (Å²) in [7, 11) is -3.72. The van der Waals surface area contributed by atoms with Crippen molar-refractivity contribution in [1.29, 1.82) is 0 Å². The average molecular weight is 405 g/mol. The zero-order chi connectivity index (χ0) is 12.5. The molecule has 0 atom stereocenters. The van der Waals surface area contributed by atoms with Gasteiger partial charge in [0.05, 0.1) is 0 Å². The van der Waals surface area contributed by atoms with Gasteiger partial charge in [0.2, 0.25) is 0 Å². The summed E-state index contributed by atoms with van der Waals surface area (Å²) in [6, 6.07) is 5.18. The highest BCUT2D eigenvalue weighted by molar-refractivity contribution is 9.07. The smallest absolute Gasteiger partial charge is 0.401 e. The van der Waals surface area contributed by atoms with Crippen molar-refractivity contribution in [2.45, 2.75) is 0 Å². The van der Waals surface area contributed by atoms with E-state index < -0.39 is 7.82 Å². The summed E-state index contributed by atoms with van der Waals surface area (Å²) >= 11 is 11.0. The van der Waals surface area contributed by atoms with Gasteiger partial charge in [0.15, 0.2) is 5.75 Å². The van der Waals surface area contributed by atoms with Gasteiger partial charge in [-0.1, -0.05) is 11.6 Å². The van der Waals surface area contributed by atoms with Crippen LogP contribution in [0.3, 0.4) is 0 Å². The van der Waals surface area contributed by atoms with Crippen LogP contribution < -0.4 is 4.52 Å². The maximum Gasteiger partial charge on any atom is 0.552 e. The molecule has 9 heteroatoms. The Morgan fingerprint density at radius 1 is 1.29 bits per heavy atom. The molecule has 0 spiro atoms. The van der Waals surface area contributed by atoms with Gasteiger partial charge in [-0.05, 0) is 18.2 Å². The van der Waals surface area contributed by atoms with Crippen LogP contribution in [0.1, 0.15) is 0 Å². The summed E-state index contributed by atoms with van der Waals surface area (Å²) in [5.74, 6) is 0.310. The van der Waals surface area contributed by atoms with E-state index in [-0.39, 0.29) is 0 Å². The van der Waals surface area contributed by atoms with Crippen molar-refractivity contribution in [3.05, 3.63) is 29.4 Å². The van der Waals surface area contributed by atoms with Crippen LogP contribution in [-0.4, -0.2) is 4.98 Å². The fraction of sp³-hybridized carbons (Fsp3) is 0. The number of rotatable bonds is 4. The van der Waals surface area contributed by atoms with Gasteiger partial charge in [0.1, 0.15) is 32.5 Å². The van der Waals surface area contributed by atoms with E-state index in [1.807, 2.05) is 0 Å². The lowest BCUT2D eigenvalue weighted by Gasteiger charge is -2.10. The summed E-state index contributed by atoms with van der Waals surface area (Å²) in [5, 5.41) is 1.21. The number of fused-ring (bicyclic) bond motifs is 1. The molecule has 0 aliphatic rings. The monoisotopic (exact) mass is 403 g/mol. The van der Waals surface area contributed by atoms with Crippen molar-refractivity contribution in [3.8, 4) is 5.75 Å².